The molecule has 0 amide bonds. The smallest absolute Gasteiger partial charge is 0.211 e. The third kappa shape index (κ3) is 2.81. The molecule has 0 aromatic carbocycles. The second-order valence-corrected chi connectivity index (χ2v) is 5.82. The van der Waals surface area contributed by atoms with Gasteiger partial charge < -0.3 is 4.74 Å². The Morgan fingerprint density at radius 3 is 3.00 bits per heavy atom. The molecule has 0 spiro atoms. The van der Waals surface area contributed by atoms with E-state index in [-0.39, 0.29) is 6.10 Å². The lowest BCUT2D eigenvalue weighted by Gasteiger charge is -2.31. The third-order valence-electron chi connectivity index (χ3n) is 2.52. The van der Waals surface area contributed by atoms with Gasteiger partial charge in [0, 0.05) is 25.5 Å². The zero-order chi connectivity index (χ0) is 11.6. The van der Waals surface area contributed by atoms with E-state index in [1.807, 2.05) is 12.3 Å². The van der Waals surface area contributed by atoms with Crippen LogP contribution in [-0.2, 0) is 21.3 Å². The standard InChI is InChI=1S/C9H15N3O3S/c1-16(13,14)12-5-6-15-9(8-12)7-11-4-2-3-10-11/h2-4,9H,5-8H2,1H3. The van der Waals surface area contributed by atoms with Crippen molar-refractivity contribution in [2.45, 2.75) is 12.6 Å². The average molecular weight is 245 g/mol. The number of rotatable bonds is 3. The fourth-order valence-corrected chi connectivity index (χ4v) is 2.56. The summed E-state index contributed by atoms with van der Waals surface area (Å²) in [6, 6.07) is 1.83. The largest absolute Gasteiger partial charge is 0.374 e. The summed E-state index contributed by atoms with van der Waals surface area (Å²) in [4.78, 5) is 0. The maximum atomic E-state index is 11.4. The lowest BCUT2D eigenvalue weighted by molar-refractivity contribution is -0.0118. The van der Waals surface area contributed by atoms with Crippen LogP contribution in [0.5, 0.6) is 0 Å². The van der Waals surface area contributed by atoms with E-state index < -0.39 is 10.0 Å². The molecule has 1 aliphatic rings. The van der Waals surface area contributed by atoms with Crippen LogP contribution in [-0.4, -0.2) is 54.6 Å². The Balaban J connectivity index is 1.97. The van der Waals surface area contributed by atoms with Gasteiger partial charge in [-0.05, 0) is 6.07 Å². The van der Waals surface area contributed by atoms with E-state index >= 15 is 0 Å². The number of morpholine rings is 1. The lowest BCUT2D eigenvalue weighted by Crippen LogP contribution is -2.46. The van der Waals surface area contributed by atoms with E-state index in [4.69, 9.17) is 4.74 Å². The van der Waals surface area contributed by atoms with Crippen LogP contribution in [0.15, 0.2) is 18.5 Å². The Hall–Kier alpha value is -0.920. The molecule has 1 fully saturated rings. The van der Waals surface area contributed by atoms with Gasteiger partial charge in [-0.2, -0.15) is 9.40 Å². The van der Waals surface area contributed by atoms with Crippen LogP contribution in [0.3, 0.4) is 0 Å². The monoisotopic (exact) mass is 245 g/mol. The van der Waals surface area contributed by atoms with Gasteiger partial charge in [0.15, 0.2) is 0 Å². The number of ether oxygens (including phenoxy) is 1. The van der Waals surface area contributed by atoms with Gasteiger partial charge in [0.05, 0.1) is 25.5 Å². The topological polar surface area (TPSA) is 64.4 Å². The molecule has 2 rings (SSSR count). The maximum absolute atomic E-state index is 11.4. The minimum Gasteiger partial charge on any atom is -0.374 e. The number of hydrogen-bond acceptors (Lipinski definition) is 4. The maximum Gasteiger partial charge on any atom is 0.211 e. The molecule has 0 N–H and O–H groups in total. The van der Waals surface area contributed by atoms with Gasteiger partial charge in [0.2, 0.25) is 10.0 Å². The first-order chi connectivity index (χ1) is 7.55. The molecule has 2 heterocycles. The van der Waals surface area contributed by atoms with Gasteiger partial charge in [0.1, 0.15) is 0 Å². The molecule has 0 radical (unpaired) electrons. The highest BCUT2D eigenvalue weighted by Crippen LogP contribution is 2.10. The van der Waals surface area contributed by atoms with Crippen LogP contribution in [0.1, 0.15) is 0 Å². The Bertz CT molecular complexity index is 429. The zero-order valence-electron chi connectivity index (χ0n) is 9.11. The molecule has 90 valence electrons. The van der Waals surface area contributed by atoms with Crippen molar-refractivity contribution >= 4 is 10.0 Å². The van der Waals surface area contributed by atoms with E-state index in [0.717, 1.165) is 0 Å². The predicted molar refractivity (Wildman–Crippen MR) is 58.4 cm³/mol. The van der Waals surface area contributed by atoms with Crippen molar-refractivity contribution in [3.63, 3.8) is 0 Å². The zero-order valence-corrected chi connectivity index (χ0v) is 9.93. The van der Waals surface area contributed by atoms with Gasteiger partial charge >= 0.3 is 0 Å². The molecule has 1 aliphatic heterocycles. The molecule has 1 aromatic rings. The molecule has 7 heteroatoms. The van der Waals surface area contributed by atoms with E-state index in [0.29, 0.717) is 26.2 Å². The van der Waals surface area contributed by atoms with Gasteiger partial charge in [-0.1, -0.05) is 0 Å². The molecule has 1 aromatic heterocycles. The summed E-state index contributed by atoms with van der Waals surface area (Å²) < 4.78 is 31.5. The van der Waals surface area contributed by atoms with Crippen molar-refractivity contribution in [3.05, 3.63) is 18.5 Å². The van der Waals surface area contributed by atoms with Crippen molar-refractivity contribution in [1.29, 1.82) is 0 Å². The van der Waals surface area contributed by atoms with Gasteiger partial charge in [-0.15, -0.1) is 0 Å². The molecule has 0 bridgehead atoms. The third-order valence-corrected chi connectivity index (χ3v) is 3.79. The molecule has 1 atom stereocenters. The first-order valence-corrected chi connectivity index (χ1v) is 6.95. The summed E-state index contributed by atoms with van der Waals surface area (Å²) in [6.45, 7) is 1.87. The van der Waals surface area contributed by atoms with Crippen LogP contribution < -0.4 is 0 Å². The minimum atomic E-state index is -3.11. The first kappa shape index (κ1) is 11.6. The van der Waals surface area contributed by atoms with Crippen LogP contribution >= 0.6 is 0 Å². The van der Waals surface area contributed by atoms with Gasteiger partial charge in [-0.3, -0.25) is 4.68 Å². The molecule has 1 saturated heterocycles. The number of hydrogen-bond donors (Lipinski definition) is 0. The summed E-state index contributed by atoms with van der Waals surface area (Å²) in [5, 5.41) is 4.07. The van der Waals surface area contributed by atoms with E-state index in [9.17, 15) is 8.42 Å². The Labute approximate surface area is 94.9 Å². The molecule has 6 nitrogen and oxygen atoms in total. The summed E-state index contributed by atoms with van der Waals surface area (Å²) >= 11 is 0. The van der Waals surface area contributed by atoms with Gasteiger partial charge in [-0.25, -0.2) is 8.42 Å². The second-order valence-electron chi connectivity index (χ2n) is 3.84. The lowest BCUT2D eigenvalue weighted by atomic mass is 10.3. The number of nitrogens with zero attached hydrogens (tertiary/aromatic N) is 3. The second kappa shape index (κ2) is 4.52. The van der Waals surface area contributed by atoms with Crippen molar-refractivity contribution < 1.29 is 13.2 Å². The highest BCUT2D eigenvalue weighted by Gasteiger charge is 2.26. The quantitative estimate of drug-likeness (QED) is 0.723. The van der Waals surface area contributed by atoms with E-state index in [1.165, 1.54) is 10.6 Å². The molecular weight excluding hydrogens is 230 g/mol. The normalized spacial score (nSPS) is 23.4. The number of aromatic nitrogens is 2. The number of sulfonamides is 1. The van der Waals surface area contributed by atoms with Gasteiger partial charge in [0.25, 0.3) is 0 Å². The van der Waals surface area contributed by atoms with E-state index in [2.05, 4.69) is 5.10 Å². The highest BCUT2D eigenvalue weighted by atomic mass is 32.2. The van der Waals surface area contributed by atoms with Crippen molar-refractivity contribution in [1.82, 2.24) is 14.1 Å². The van der Waals surface area contributed by atoms with E-state index in [1.54, 1.807) is 10.9 Å². The molecule has 0 saturated carbocycles. The van der Waals surface area contributed by atoms with Crippen LogP contribution in [0.25, 0.3) is 0 Å². The summed E-state index contributed by atoms with van der Waals surface area (Å²) in [7, 11) is -3.11. The summed E-state index contributed by atoms with van der Waals surface area (Å²) in [5.74, 6) is 0. The fraction of sp³-hybridized carbons (Fsp3) is 0.667. The first-order valence-electron chi connectivity index (χ1n) is 5.10. The summed E-state index contributed by atoms with van der Waals surface area (Å²) in [5.41, 5.74) is 0. The Morgan fingerprint density at radius 1 is 1.56 bits per heavy atom. The molecule has 16 heavy (non-hydrogen) atoms. The predicted octanol–water partition coefficient (Wildman–Crippen LogP) is -0.457. The highest BCUT2D eigenvalue weighted by molar-refractivity contribution is 7.88. The minimum absolute atomic E-state index is 0.122. The van der Waals surface area contributed by atoms with Crippen molar-refractivity contribution in [2.24, 2.45) is 0 Å². The van der Waals surface area contributed by atoms with Crippen LogP contribution in [0, 0.1) is 0 Å². The Kier molecular flexibility index (Phi) is 3.27. The fourth-order valence-electron chi connectivity index (χ4n) is 1.72. The molecule has 1 unspecified atom stereocenters. The molecule has 0 aliphatic carbocycles. The van der Waals surface area contributed by atoms with Crippen LogP contribution in [0.4, 0.5) is 0 Å². The van der Waals surface area contributed by atoms with Crippen LogP contribution in [0.2, 0.25) is 0 Å². The Morgan fingerprint density at radius 2 is 2.38 bits per heavy atom. The molecular formula is C9H15N3O3S. The van der Waals surface area contributed by atoms with Crippen molar-refractivity contribution in [3.8, 4) is 0 Å². The summed E-state index contributed by atoms with van der Waals surface area (Å²) in [6.07, 6.45) is 4.63. The SMILES string of the molecule is CS(=O)(=O)N1CCOC(Cn2cccn2)C1. The van der Waals surface area contributed by atoms with Crippen molar-refractivity contribution in [2.75, 3.05) is 26.0 Å². The average Bonchev–Trinajstić information content (AvgIpc) is 2.70.